The maximum atomic E-state index is 6.55. The molecule has 224 valence electrons. The van der Waals surface area contributed by atoms with Crippen molar-refractivity contribution in [3.05, 3.63) is 140 Å². The topological polar surface area (TPSA) is 18.5 Å². The van der Waals surface area contributed by atoms with Crippen molar-refractivity contribution in [2.24, 2.45) is 0 Å². The van der Waals surface area contributed by atoms with E-state index in [9.17, 15) is 0 Å². The number of benzene rings is 6. The highest BCUT2D eigenvalue weighted by atomic mass is 32.1. The van der Waals surface area contributed by atoms with E-state index in [-0.39, 0.29) is 0 Å². The van der Waals surface area contributed by atoms with Crippen LogP contribution in [0.15, 0.2) is 140 Å². The van der Waals surface area contributed by atoms with Crippen molar-refractivity contribution >= 4 is 44.1 Å². The molecule has 7 aromatic rings. The van der Waals surface area contributed by atoms with Crippen molar-refractivity contribution < 1.29 is 9.31 Å². The molecule has 0 radical (unpaired) electrons. The van der Waals surface area contributed by atoms with Crippen molar-refractivity contribution in [3.8, 4) is 44.5 Å². The van der Waals surface area contributed by atoms with E-state index in [0.29, 0.717) is 0 Å². The Bertz CT molecular complexity index is 2200. The summed E-state index contributed by atoms with van der Waals surface area (Å²) in [5.41, 5.74) is 9.67. The molecule has 0 bridgehead atoms. The van der Waals surface area contributed by atoms with Crippen LogP contribution < -0.4 is 5.46 Å². The number of fused-ring (bicyclic) bond motifs is 3. The first-order valence-corrected chi connectivity index (χ1v) is 16.7. The van der Waals surface area contributed by atoms with Gasteiger partial charge in [0.15, 0.2) is 0 Å². The summed E-state index contributed by atoms with van der Waals surface area (Å²) in [6.45, 7) is 8.43. The molecule has 1 saturated heterocycles. The second-order valence-corrected chi connectivity index (χ2v) is 14.3. The Morgan fingerprint density at radius 2 is 0.978 bits per heavy atom. The molecule has 1 fully saturated rings. The van der Waals surface area contributed by atoms with Gasteiger partial charge in [-0.25, -0.2) is 0 Å². The van der Waals surface area contributed by atoms with Crippen molar-refractivity contribution in [1.29, 1.82) is 0 Å². The molecule has 4 heteroatoms. The molecule has 6 aromatic carbocycles. The predicted molar refractivity (Wildman–Crippen MR) is 197 cm³/mol. The normalized spacial score (nSPS) is 15.5. The molecule has 46 heavy (non-hydrogen) atoms. The monoisotopic (exact) mass is 614 g/mol. The van der Waals surface area contributed by atoms with Gasteiger partial charge in [0, 0.05) is 20.2 Å². The maximum Gasteiger partial charge on any atom is 0.494 e. The zero-order valence-corrected chi connectivity index (χ0v) is 27.4. The van der Waals surface area contributed by atoms with E-state index in [1.165, 1.54) is 42.4 Å². The Kier molecular flexibility index (Phi) is 6.99. The van der Waals surface area contributed by atoms with Gasteiger partial charge in [0.05, 0.1) is 11.2 Å². The minimum atomic E-state index is -0.453. The zero-order chi connectivity index (χ0) is 31.5. The molecule has 2 nitrogen and oxygen atoms in total. The summed E-state index contributed by atoms with van der Waals surface area (Å²) >= 11 is 1.87. The SMILES string of the molecule is CC1(C)OB(c2cc(-c3ccc(-c4cccc5c4sc4ccccc45)cc3)cc(-c3cccc(-c4ccccc4)c3)c2)OC1(C)C. The first-order valence-electron chi connectivity index (χ1n) is 15.9. The molecule has 2 heterocycles. The fourth-order valence-corrected chi connectivity index (χ4v) is 7.66. The van der Waals surface area contributed by atoms with Crippen LogP contribution in [-0.4, -0.2) is 18.3 Å². The number of hydrogen-bond acceptors (Lipinski definition) is 3. The highest BCUT2D eigenvalue weighted by Gasteiger charge is 2.51. The van der Waals surface area contributed by atoms with Gasteiger partial charge >= 0.3 is 7.12 Å². The van der Waals surface area contributed by atoms with Crippen LogP contribution in [-0.2, 0) is 9.31 Å². The summed E-state index contributed by atoms with van der Waals surface area (Å²) in [6, 6.07) is 50.4. The van der Waals surface area contributed by atoms with Crippen LogP contribution >= 0.6 is 11.3 Å². The van der Waals surface area contributed by atoms with Crippen molar-refractivity contribution in [3.63, 3.8) is 0 Å². The van der Waals surface area contributed by atoms with E-state index in [1.54, 1.807) is 0 Å². The standard InChI is InChI=1S/C42H35BO2S/c1-41(2)42(3,4)45-43(44-41)35-26-33(25-34(27-35)32-15-10-14-31(24-32)28-12-6-5-7-13-28)29-20-22-30(23-21-29)36-17-11-18-38-37-16-8-9-19-39(37)46-40(36)38/h5-27H,1-4H3. The van der Waals surface area contributed by atoms with Crippen LogP contribution in [0.4, 0.5) is 0 Å². The summed E-state index contributed by atoms with van der Waals surface area (Å²) in [4.78, 5) is 0. The molecule has 0 aliphatic carbocycles. The fourth-order valence-electron chi connectivity index (χ4n) is 6.43. The molecule has 0 amide bonds. The first kappa shape index (κ1) is 29.0. The third-order valence-electron chi connectivity index (χ3n) is 9.72. The first-order chi connectivity index (χ1) is 22.3. The van der Waals surface area contributed by atoms with Crippen LogP contribution in [0.5, 0.6) is 0 Å². The van der Waals surface area contributed by atoms with E-state index < -0.39 is 18.3 Å². The average Bonchev–Trinajstić information content (AvgIpc) is 3.57. The minimum Gasteiger partial charge on any atom is -0.399 e. The quantitative estimate of drug-likeness (QED) is 0.180. The van der Waals surface area contributed by atoms with Crippen molar-refractivity contribution in [1.82, 2.24) is 0 Å². The van der Waals surface area contributed by atoms with Gasteiger partial charge in [-0.1, -0.05) is 121 Å². The smallest absolute Gasteiger partial charge is 0.399 e. The molecule has 0 N–H and O–H groups in total. The molecule has 1 aromatic heterocycles. The van der Waals surface area contributed by atoms with Crippen LogP contribution in [0.2, 0.25) is 0 Å². The van der Waals surface area contributed by atoms with E-state index in [4.69, 9.17) is 9.31 Å². The van der Waals surface area contributed by atoms with Crippen molar-refractivity contribution in [2.75, 3.05) is 0 Å². The van der Waals surface area contributed by atoms with Crippen molar-refractivity contribution in [2.45, 2.75) is 38.9 Å². The molecule has 8 rings (SSSR count). The summed E-state index contributed by atoms with van der Waals surface area (Å²) in [5, 5.41) is 2.64. The Morgan fingerprint density at radius 3 is 1.72 bits per heavy atom. The summed E-state index contributed by atoms with van der Waals surface area (Å²) in [6.07, 6.45) is 0. The second-order valence-electron chi connectivity index (χ2n) is 13.2. The zero-order valence-electron chi connectivity index (χ0n) is 26.6. The van der Waals surface area contributed by atoms with Crippen LogP contribution in [0.1, 0.15) is 27.7 Å². The third-order valence-corrected chi connectivity index (χ3v) is 10.9. The number of rotatable bonds is 5. The van der Waals surface area contributed by atoms with E-state index in [1.807, 2.05) is 11.3 Å². The predicted octanol–water partition coefficient (Wildman–Crippen LogP) is 11.0. The molecule has 1 aliphatic heterocycles. The Balaban J connectivity index is 1.22. The highest BCUT2D eigenvalue weighted by Crippen LogP contribution is 2.41. The van der Waals surface area contributed by atoms with Gasteiger partial charge in [0.25, 0.3) is 0 Å². The molecule has 0 unspecified atom stereocenters. The highest BCUT2D eigenvalue weighted by molar-refractivity contribution is 7.26. The minimum absolute atomic E-state index is 0.420. The van der Waals surface area contributed by atoms with E-state index in [0.717, 1.165) is 27.7 Å². The fraction of sp³-hybridized carbons (Fsp3) is 0.143. The maximum absolute atomic E-state index is 6.55. The van der Waals surface area contributed by atoms with Gasteiger partial charge in [-0.05, 0) is 95.9 Å². The van der Waals surface area contributed by atoms with Gasteiger partial charge in [0.1, 0.15) is 0 Å². The Labute approximate surface area is 275 Å². The van der Waals surface area contributed by atoms with Gasteiger partial charge in [-0.2, -0.15) is 0 Å². The van der Waals surface area contributed by atoms with Crippen LogP contribution in [0.25, 0.3) is 64.7 Å². The molecule has 0 spiro atoms. The van der Waals surface area contributed by atoms with Gasteiger partial charge in [-0.15, -0.1) is 11.3 Å². The summed E-state index contributed by atoms with van der Waals surface area (Å²) in [5.74, 6) is 0. The Morgan fingerprint density at radius 1 is 0.457 bits per heavy atom. The largest absolute Gasteiger partial charge is 0.494 e. The molecular formula is C42H35BO2S. The van der Waals surface area contributed by atoms with Gasteiger partial charge in [0.2, 0.25) is 0 Å². The Hall–Kier alpha value is -4.48. The van der Waals surface area contributed by atoms with Crippen LogP contribution in [0.3, 0.4) is 0 Å². The van der Waals surface area contributed by atoms with Gasteiger partial charge < -0.3 is 9.31 Å². The third kappa shape index (κ3) is 5.07. The van der Waals surface area contributed by atoms with Gasteiger partial charge in [-0.3, -0.25) is 0 Å². The summed E-state index contributed by atoms with van der Waals surface area (Å²) < 4.78 is 15.8. The van der Waals surface area contributed by atoms with E-state index in [2.05, 4.69) is 167 Å². The number of hydrogen-bond donors (Lipinski definition) is 0. The lowest BCUT2D eigenvalue weighted by Gasteiger charge is -2.32. The lowest BCUT2D eigenvalue weighted by Crippen LogP contribution is -2.41. The second kappa shape index (κ2) is 11.1. The molecule has 1 aliphatic rings. The lowest BCUT2D eigenvalue weighted by molar-refractivity contribution is 0.00578. The molecule has 0 saturated carbocycles. The number of thiophene rings is 1. The summed E-state index contributed by atoms with van der Waals surface area (Å²) in [7, 11) is -0.453. The van der Waals surface area contributed by atoms with Crippen LogP contribution in [0, 0.1) is 0 Å². The lowest BCUT2D eigenvalue weighted by atomic mass is 9.76. The molecular weight excluding hydrogens is 579 g/mol. The molecule has 0 atom stereocenters. The van der Waals surface area contributed by atoms with E-state index >= 15 is 0 Å². The average molecular weight is 615 g/mol.